The maximum Gasteiger partial charge on any atom is 0.0720 e. The van der Waals surface area contributed by atoms with Crippen LogP contribution in [-0.2, 0) is 0 Å². The molecule has 1 N–H and O–H groups in total. The normalized spacial score (nSPS) is 36.0. The van der Waals surface area contributed by atoms with Crippen molar-refractivity contribution in [2.24, 2.45) is 0 Å². The molecule has 82 valence electrons. The van der Waals surface area contributed by atoms with Crippen molar-refractivity contribution < 1.29 is 5.11 Å². The number of fused-ring (bicyclic) bond motifs is 1. The maximum absolute atomic E-state index is 9.84. The maximum atomic E-state index is 9.84. The van der Waals surface area contributed by atoms with Gasteiger partial charge in [0.05, 0.1) is 6.10 Å². The van der Waals surface area contributed by atoms with Crippen LogP contribution < -0.4 is 0 Å². The summed E-state index contributed by atoms with van der Waals surface area (Å²) in [7, 11) is 0. The lowest BCUT2D eigenvalue weighted by Crippen LogP contribution is -2.58. The van der Waals surface area contributed by atoms with Crippen LogP contribution in [0.25, 0.3) is 0 Å². The Bertz CT molecular complexity index is 212. The molecule has 2 heterocycles. The predicted molar refractivity (Wildman–Crippen MR) is 57.3 cm³/mol. The van der Waals surface area contributed by atoms with Gasteiger partial charge in [0.2, 0.25) is 0 Å². The molecule has 0 aromatic heterocycles. The second kappa shape index (κ2) is 3.47. The van der Waals surface area contributed by atoms with Crippen LogP contribution in [0.15, 0.2) is 0 Å². The van der Waals surface area contributed by atoms with Crippen molar-refractivity contribution in [1.29, 1.82) is 0 Å². The van der Waals surface area contributed by atoms with Gasteiger partial charge in [-0.15, -0.1) is 0 Å². The Morgan fingerprint density at radius 2 is 1.86 bits per heavy atom. The van der Waals surface area contributed by atoms with Crippen molar-refractivity contribution in [2.45, 2.75) is 44.9 Å². The van der Waals surface area contributed by atoms with Crippen LogP contribution in [0, 0.1) is 0 Å². The lowest BCUT2D eigenvalue weighted by molar-refractivity contribution is 0.00694. The molecule has 2 unspecified atom stereocenters. The topological polar surface area (TPSA) is 26.7 Å². The minimum Gasteiger partial charge on any atom is -0.391 e. The molecule has 0 radical (unpaired) electrons. The van der Waals surface area contributed by atoms with E-state index in [2.05, 4.69) is 30.6 Å². The predicted octanol–water partition coefficient (Wildman–Crippen LogP) is 0.536. The zero-order chi connectivity index (χ0) is 10.3. The highest BCUT2D eigenvalue weighted by Gasteiger charge is 2.39. The molecular weight excluding hydrogens is 176 g/mol. The average molecular weight is 198 g/mol. The Hall–Kier alpha value is -0.120. The fraction of sp³-hybridized carbons (Fsp3) is 1.00. The highest BCUT2D eigenvalue weighted by molar-refractivity contribution is 4.95. The van der Waals surface area contributed by atoms with Crippen LogP contribution >= 0.6 is 0 Å². The van der Waals surface area contributed by atoms with Gasteiger partial charge in [-0.25, -0.2) is 0 Å². The minimum atomic E-state index is -0.0971. The summed E-state index contributed by atoms with van der Waals surface area (Å²) in [5, 5.41) is 9.84. The number of aliphatic hydroxyl groups is 1. The molecule has 0 amide bonds. The third-order valence-corrected chi connectivity index (χ3v) is 3.64. The molecule has 2 rings (SSSR count). The monoisotopic (exact) mass is 198 g/mol. The summed E-state index contributed by atoms with van der Waals surface area (Å²) in [6.07, 6.45) is 0.864. The van der Waals surface area contributed by atoms with E-state index in [9.17, 15) is 5.11 Å². The lowest BCUT2D eigenvalue weighted by Gasteiger charge is -2.45. The van der Waals surface area contributed by atoms with Crippen molar-refractivity contribution in [3.05, 3.63) is 0 Å². The second-order valence-electron chi connectivity index (χ2n) is 5.58. The molecule has 14 heavy (non-hydrogen) atoms. The van der Waals surface area contributed by atoms with Crippen molar-refractivity contribution in [3.8, 4) is 0 Å². The highest BCUT2D eigenvalue weighted by Crippen LogP contribution is 2.26. The molecule has 2 fully saturated rings. The van der Waals surface area contributed by atoms with E-state index in [-0.39, 0.29) is 11.6 Å². The van der Waals surface area contributed by atoms with Gasteiger partial charge in [-0.05, 0) is 27.2 Å². The SMILES string of the molecule is CC(C)(C)N1CCN2CCC(O)C2C1. The summed E-state index contributed by atoms with van der Waals surface area (Å²) in [4.78, 5) is 4.93. The molecule has 0 aromatic rings. The Labute approximate surface area is 86.7 Å². The van der Waals surface area contributed by atoms with Crippen LogP contribution in [0.2, 0.25) is 0 Å². The molecule has 3 nitrogen and oxygen atoms in total. The Morgan fingerprint density at radius 3 is 2.50 bits per heavy atom. The lowest BCUT2D eigenvalue weighted by atomic mass is 10.0. The summed E-state index contributed by atoms with van der Waals surface area (Å²) < 4.78 is 0. The van der Waals surface area contributed by atoms with Crippen LogP contribution in [0.5, 0.6) is 0 Å². The van der Waals surface area contributed by atoms with Crippen LogP contribution in [0.4, 0.5) is 0 Å². The van der Waals surface area contributed by atoms with Gasteiger partial charge < -0.3 is 5.11 Å². The number of piperazine rings is 1. The van der Waals surface area contributed by atoms with E-state index in [1.807, 2.05) is 0 Å². The summed E-state index contributed by atoms with van der Waals surface area (Å²) in [6.45, 7) is 11.2. The van der Waals surface area contributed by atoms with Gasteiger partial charge in [0.25, 0.3) is 0 Å². The van der Waals surface area contributed by atoms with Gasteiger partial charge in [-0.1, -0.05) is 0 Å². The zero-order valence-electron chi connectivity index (χ0n) is 9.53. The molecule has 2 aliphatic heterocycles. The van der Waals surface area contributed by atoms with Crippen LogP contribution in [0.1, 0.15) is 27.2 Å². The summed E-state index contributed by atoms with van der Waals surface area (Å²) >= 11 is 0. The van der Waals surface area contributed by atoms with E-state index < -0.39 is 0 Å². The van der Waals surface area contributed by atoms with Gasteiger partial charge >= 0.3 is 0 Å². The molecule has 0 aromatic carbocycles. The van der Waals surface area contributed by atoms with E-state index in [1.165, 1.54) is 0 Å². The standard InChI is InChI=1S/C11H22N2O/c1-11(2,3)13-7-6-12-5-4-10(14)9(12)8-13/h9-10,14H,4-8H2,1-3H3. The number of rotatable bonds is 0. The molecule has 2 atom stereocenters. The third kappa shape index (κ3) is 1.81. The quantitative estimate of drug-likeness (QED) is 0.615. The first-order chi connectivity index (χ1) is 6.48. The number of hydrogen-bond acceptors (Lipinski definition) is 3. The Morgan fingerprint density at radius 1 is 1.14 bits per heavy atom. The summed E-state index contributed by atoms with van der Waals surface area (Å²) in [6, 6.07) is 0.392. The Balaban J connectivity index is 2.02. The molecule has 0 bridgehead atoms. The van der Waals surface area contributed by atoms with Gasteiger partial charge in [0.1, 0.15) is 0 Å². The van der Waals surface area contributed by atoms with Gasteiger partial charge in [0.15, 0.2) is 0 Å². The highest BCUT2D eigenvalue weighted by atomic mass is 16.3. The first kappa shape index (κ1) is 10.4. The third-order valence-electron chi connectivity index (χ3n) is 3.64. The van der Waals surface area contributed by atoms with E-state index >= 15 is 0 Å². The molecule has 2 saturated heterocycles. The smallest absolute Gasteiger partial charge is 0.0720 e. The van der Waals surface area contributed by atoms with Crippen molar-refractivity contribution >= 4 is 0 Å². The zero-order valence-corrected chi connectivity index (χ0v) is 9.53. The summed E-state index contributed by atoms with van der Waals surface area (Å²) in [5.41, 5.74) is 0.244. The second-order valence-corrected chi connectivity index (χ2v) is 5.58. The number of aliphatic hydroxyl groups excluding tert-OH is 1. The number of nitrogens with zero attached hydrogens (tertiary/aromatic N) is 2. The molecule has 3 heteroatoms. The fourth-order valence-electron chi connectivity index (χ4n) is 2.59. The molecule has 0 spiro atoms. The van der Waals surface area contributed by atoms with Gasteiger partial charge in [-0.3, -0.25) is 9.80 Å². The van der Waals surface area contributed by atoms with Gasteiger partial charge in [-0.2, -0.15) is 0 Å². The van der Waals surface area contributed by atoms with Crippen molar-refractivity contribution in [3.63, 3.8) is 0 Å². The van der Waals surface area contributed by atoms with Gasteiger partial charge in [0, 0.05) is 37.8 Å². The van der Waals surface area contributed by atoms with Crippen LogP contribution in [-0.4, -0.2) is 58.8 Å². The molecule has 0 aliphatic carbocycles. The largest absolute Gasteiger partial charge is 0.391 e. The first-order valence-corrected chi connectivity index (χ1v) is 5.65. The van der Waals surface area contributed by atoms with Crippen molar-refractivity contribution in [2.75, 3.05) is 26.2 Å². The fourth-order valence-corrected chi connectivity index (χ4v) is 2.59. The number of hydrogen-bond donors (Lipinski definition) is 1. The van der Waals surface area contributed by atoms with Crippen molar-refractivity contribution in [1.82, 2.24) is 9.80 Å². The average Bonchev–Trinajstić information content (AvgIpc) is 2.46. The van der Waals surface area contributed by atoms with E-state index in [4.69, 9.17) is 0 Å². The van der Waals surface area contributed by atoms with E-state index in [0.29, 0.717) is 6.04 Å². The summed E-state index contributed by atoms with van der Waals surface area (Å²) in [5.74, 6) is 0. The van der Waals surface area contributed by atoms with E-state index in [0.717, 1.165) is 32.6 Å². The van der Waals surface area contributed by atoms with E-state index in [1.54, 1.807) is 0 Å². The minimum absolute atomic E-state index is 0.0971. The molecule has 0 saturated carbocycles. The Kier molecular flexibility index (Phi) is 2.58. The molecule has 2 aliphatic rings. The molecular formula is C11H22N2O. The van der Waals surface area contributed by atoms with Crippen LogP contribution in [0.3, 0.4) is 0 Å². The first-order valence-electron chi connectivity index (χ1n) is 5.65.